The van der Waals surface area contributed by atoms with Gasteiger partial charge in [-0.15, -0.1) is 24.0 Å². The highest BCUT2D eigenvalue weighted by atomic mass is 127. The van der Waals surface area contributed by atoms with Gasteiger partial charge in [0.2, 0.25) is 5.95 Å². The molecule has 9 heteroatoms. The maximum Gasteiger partial charge on any atom is 0.225 e. The molecule has 0 radical (unpaired) electrons. The lowest BCUT2D eigenvalue weighted by atomic mass is 10.2. The Hall–Kier alpha value is -1.65. The third-order valence-electron chi connectivity index (χ3n) is 4.86. The first-order chi connectivity index (χ1) is 14.3. The second-order valence-corrected chi connectivity index (χ2v) is 7.35. The van der Waals surface area contributed by atoms with E-state index in [2.05, 4.69) is 42.3 Å². The van der Waals surface area contributed by atoms with Crippen LogP contribution in [0.15, 0.2) is 47.7 Å². The Labute approximate surface area is 201 Å². The van der Waals surface area contributed by atoms with Crippen LogP contribution in [0.5, 0.6) is 0 Å². The number of guanidine groups is 1. The summed E-state index contributed by atoms with van der Waals surface area (Å²) in [6.45, 7) is 9.45. The molecule has 0 amide bonds. The normalized spacial score (nSPS) is 14.9. The minimum Gasteiger partial charge on any atom is -0.357 e. The molecular weight excluding hydrogens is 513 g/mol. The van der Waals surface area contributed by atoms with E-state index < -0.39 is 0 Å². The quantitative estimate of drug-likeness (QED) is 0.231. The van der Waals surface area contributed by atoms with Crippen molar-refractivity contribution in [1.29, 1.82) is 0 Å². The molecule has 30 heavy (non-hydrogen) atoms. The van der Waals surface area contributed by atoms with Crippen molar-refractivity contribution in [3.8, 4) is 0 Å². The van der Waals surface area contributed by atoms with Crippen LogP contribution in [0.4, 0.5) is 5.95 Å². The first-order valence-electron chi connectivity index (χ1n) is 10.3. The Morgan fingerprint density at radius 3 is 2.50 bits per heavy atom. The standard InChI is InChI=1S/C21H30ClN7.HI/c1-2-23-20(27-17-18-7-3-4-8-19(18)22)24-11-6-12-28-13-15-29(16-14-28)21-25-9-5-10-26-21;/h3-5,7-10H,2,6,11-17H2,1H3,(H2,23,24,27);1H. The van der Waals surface area contributed by atoms with E-state index in [9.17, 15) is 0 Å². The Balaban J connectivity index is 0.00000320. The second kappa shape index (κ2) is 13.6. The molecule has 1 fully saturated rings. The number of aliphatic imine (C=N–C) groups is 1. The van der Waals surface area contributed by atoms with Gasteiger partial charge in [-0.05, 0) is 37.6 Å². The van der Waals surface area contributed by atoms with Crippen molar-refractivity contribution in [1.82, 2.24) is 25.5 Å². The van der Waals surface area contributed by atoms with Crippen LogP contribution in [0.1, 0.15) is 18.9 Å². The van der Waals surface area contributed by atoms with Crippen LogP contribution < -0.4 is 15.5 Å². The van der Waals surface area contributed by atoms with Crippen molar-refractivity contribution >= 4 is 47.5 Å². The van der Waals surface area contributed by atoms with Gasteiger partial charge in [0.1, 0.15) is 0 Å². The molecule has 1 aromatic carbocycles. The van der Waals surface area contributed by atoms with Crippen molar-refractivity contribution in [3.63, 3.8) is 0 Å². The molecule has 0 aliphatic carbocycles. The van der Waals surface area contributed by atoms with Crippen LogP contribution in [-0.2, 0) is 6.54 Å². The number of halogens is 2. The number of anilines is 1. The van der Waals surface area contributed by atoms with E-state index in [4.69, 9.17) is 11.6 Å². The first kappa shape index (κ1) is 24.6. The third-order valence-corrected chi connectivity index (χ3v) is 5.23. The molecule has 0 atom stereocenters. The number of hydrogen-bond donors (Lipinski definition) is 2. The summed E-state index contributed by atoms with van der Waals surface area (Å²) >= 11 is 6.22. The van der Waals surface area contributed by atoms with Gasteiger partial charge in [-0.25, -0.2) is 15.0 Å². The summed E-state index contributed by atoms with van der Waals surface area (Å²) in [5.41, 5.74) is 1.03. The average molecular weight is 544 g/mol. The molecule has 2 heterocycles. The second-order valence-electron chi connectivity index (χ2n) is 6.94. The minimum absolute atomic E-state index is 0. The van der Waals surface area contributed by atoms with E-state index in [1.165, 1.54) is 0 Å². The number of aromatic nitrogens is 2. The van der Waals surface area contributed by atoms with Crippen LogP contribution in [0, 0.1) is 0 Å². The topological polar surface area (TPSA) is 68.7 Å². The van der Waals surface area contributed by atoms with E-state index >= 15 is 0 Å². The lowest BCUT2D eigenvalue weighted by Crippen LogP contribution is -2.47. The average Bonchev–Trinajstić information content (AvgIpc) is 2.77. The van der Waals surface area contributed by atoms with Gasteiger partial charge in [0.25, 0.3) is 0 Å². The van der Waals surface area contributed by atoms with Crippen LogP contribution in [0.25, 0.3) is 0 Å². The Morgan fingerprint density at radius 1 is 1.07 bits per heavy atom. The van der Waals surface area contributed by atoms with Gasteiger partial charge in [-0.3, -0.25) is 4.90 Å². The van der Waals surface area contributed by atoms with E-state index in [0.717, 1.165) is 74.7 Å². The van der Waals surface area contributed by atoms with Crippen molar-refractivity contribution in [2.24, 2.45) is 4.99 Å². The van der Waals surface area contributed by atoms with E-state index in [0.29, 0.717) is 6.54 Å². The van der Waals surface area contributed by atoms with E-state index in [1.54, 1.807) is 12.4 Å². The van der Waals surface area contributed by atoms with Crippen LogP contribution >= 0.6 is 35.6 Å². The molecule has 0 saturated carbocycles. The number of benzene rings is 1. The summed E-state index contributed by atoms with van der Waals surface area (Å²) < 4.78 is 0. The Bertz CT molecular complexity index is 767. The number of nitrogens with one attached hydrogen (secondary N) is 2. The minimum atomic E-state index is 0. The van der Waals surface area contributed by atoms with E-state index in [-0.39, 0.29) is 24.0 Å². The van der Waals surface area contributed by atoms with Crippen molar-refractivity contribution in [2.45, 2.75) is 19.9 Å². The maximum atomic E-state index is 6.22. The number of rotatable bonds is 8. The van der Waals surface area contributed by atoms with Gasteiger partial charge >= 0.3 is 0 Å². The molecular formula is C21H31ClIN7. The summed E-state index contributed by atoms with van der Waals surface area (Å²) in [5, 5.41) is 7.48. The molecule has 164 valence electrons. The number of piperazine rings is 1. The fraction of sp³-hybridized carbons (Fsp3) is 0.476. The molecule has 7 nitrogen and oxygen atoms in total. The molecule has 1 saturated heterocycles. The lowest BCUT2D eigenvalue weighted by Gasteiger charge is -2.34. The zero-order valence-electron chi connectivity index (χ0n) is 17.4. The molecule has 1 aliphatic rings. The molecule has 0 unspecified atom stereocenters. The highest BCUT2D eigenvalue weighted by molar-refractivity contribution is 14.0. The van der Waals surface area contributed by atoms with Crippen molar-refractivity contribution in [2.75, 3.05) is 50.7 Å². The van der Waals surface area contributed by atoms with Gasteiger partial charge in [-0.1, -0.05) is 29.8 Å². The largest absolute Gasteiger partial charge is 0.357 e. The van der Waals surface area contributed by atoms with Gasteiger partial charge < -0.3 is 15.5 Å². The predicted octanol–water partition coefficient (Wildman–Crippen LogP) is 3.02. The first-order valence-corrected chi connectivity index (χ1v) is 10.6. The summed E-state index contributed by atoms with van der Waals surface area (Å²) in [4.78, 5) is 18.1. The molecule has 0 spiro atoms. The van der Waals surface area contributed by atoms with Crippen molar-refractivity contribution < 1.29 is 0 Å². The van der Waals surface area contributed by atoms with Crippen molar-refractivity contribution in [3.05, 3.63) is 53.3 Å². The zero-order chi connectivity index (χ0) is 20.3. The highest BCUT2D eigenvalue weighted by Gasteiger charge is 2.18. The maximum absolute atomic E-state index is 6.22. The predicted molar refractivity (Wildman–Crippen MR) is 135 cm³/mol. The van der Waals surface area contributed by atoms with Gasteiger partial charge in [0.15, 0.2) is 5.96 Å². The van der Waals surface area contributed by atoms with Gasteiger partial charge in [0.05, 0.1) is 6.54 Å². The third kappa shape index (κ3) is 7.88. The Morgan fingerprint density at radius 2 is 1.80 bits per heavy atom. The molecule has 2 N–H and O–H groups in total. The monoisotopic (exact) mass is 543 g/mol. The highest BCUT2D eigenvalue weighted by Crippen LogP contribution is 2.15. The smallest absolute Gasteiger partial charge is 0.225 e. The van der Waals surface area contributed by atoms with Crippen LogP contribution in [-0.4, -0.2) is 66.6 Å². The molecule has 1 aliphatic heterocycles. The van der Waals surface area contributed by atoms with E-state index in [1.807, 2.05) is 30.3 Å². The summed E-state index contributed by atoms with van der Waals surface area (Å²) in [7, 11) is 0. The zero-order valence-corrected chi connectivity index (χ0v) is 20.5. The fourth-order valence-electron chi connectivity index (χ4n) is 3.27. The van der Waals surface area contributed by atoms with Crippen LogP contribution in [0.2, 0.25) is 5.02 Å². The summed E-state index contributed by atoms with van der Waals surface area (Å²) in [6.07, 6.45) is 4.67. The molecule has 1 aromatic heterocycles. The number of nitrogens with zero attached hydrogens (tertiary/aromatic N) is 5. The molecule has 2 aromatic rings. The van der Waals surface area contributed by atoms with Gasteiger partial charge in [-0.2, -0.15) is 0 Å². The SMILES string of the molecule is CCNC(=NCc1ccccc1Cl)NCCCN1CCN(c2ncccn2)CC1.I. The molecule has 3 rings (SSSR count). The Kier molecular flexibility index (Phi) is 11.2. The summed E-state index contributed by atoms with van der Waals surface area (Å²) in [6, 6.07) is 9.69. The van der Waals surface area contributed by atoms with Gasteiger partial charge in [0, 0.05) is 56.7 Å². The lowest BCUT2D eigenvalue weighted by molar-refractivity contribution is 0.254. The summed E-state index contributed by atoms with van der Waals surface area (Å²) in [5.74, 6) is 1.66. The van der Waals surface area contributed by atoms with Crippen LogP contribution in [0.3, 0.4) is 0 Å². The molecule has 0 bridgehead atoms. The fourth-order valence-corrected chi connectivity index (χ4v) is 3.46. The number of hydrogen-bond acceptors (Lipinski definition) is 5.